The second kappa shape index (κ2) is 7.46. The Labute approximate surface area is 128 Å². The van der Waals surface area contributed by atoms with Crippen LogP contribution in [0.25, 0.3) is 0 Å². The third kappa shape index (κ3) is 4.74. The molecule has 0 radical (unpaired) electrons. The van der Waals surface area contributed by atoms with Gasteiger partial charge in [0, 0.05) is 39.3 Å². The van der Waals surface area contributed by atoms with Gasteiger partial charge in [0.25, 0.3) is 0 Å². The maximum atomic E-state index is 12.0. The number of carbonyl (C=O) groups excluding carboxylic acids is 1. The summed E-state index contributed by atoms with van der Waals surface area (Å²) in [5, 5.41) is 2.99. The molecule has 1 aliphatic heterocycles. The van der Waals surface area contributed by atoms with E-state index in [1.54, 1.807) is 0 Å². The Bertz CT molecular complexity index is 465. The molecular formula is C17H27N3O. The molecule has 0 bridgehead atoms. The molecule has 1 N–H and O–H groups in total. The fourth-order valence-corrected chi connectivity index (χ4v) is 2.54. The van der Waals surface area contributed by atoms with Crippen molar-refractivity contribution < 1.29 is 4.79 Å². The average molecular weight is 289 g/mol. The Hall–Kier alpha value is -1.55. The highest BCUT2D eigenvalue weighted by atomic mass is 16.2. The number of amides is 2. The molecule has 1 aromatic carbocycles. The minimum Gasteiger partial charge on any atom is -0.338 e. The lowest BCUT2D eigenvalue weighted by atomic mass is 10.1. The van der Waals surface area contributed by atoms with Crippen LogP contribution in [0, 0.1) is 12.8 Å². The first-order valence-corrected chi connectivity index (χ1v) is 7.86. The number of rotatable bonds is 4. The van der Waals surface area contributed by atoms with E-state index in [1.165, 1.54) is 11.1 Å². The van der Waals surface area contributed by atoms with Crippen LogP contribution in [0.15, 0.2) is 24.3 Å². The van der Waals surface area contributed by atoms with Crippen LogP contribution in [-0.4, -0.2) is 48.6 Å². The second-order valence-electron chi connectivity index (χ2n) is 6.27. The van der Waals surface area contributed by atoms with Crippen molar-refractivity contribution in [3.05, 3.63) is 35.4 Å². The highest BCUT2D eigenvalue weighted by Gasteiger charge is 2.21. The van der Waals surface area contributed by atoms with E-state index in [0.717, 1.165) is 39.3 Å². The molecule has 0 unspecified atom stereocenters. The predicted molar refractivity (Wildman–Crippen MR) is 86.3 cm³/mol. The summed E-state index contributed by atoms with van der Waals surface area (Å²) in [7, 11) is 0. The molecule has 1 heterocycles. The summed E-state index contributed by atoms with van der Waals surface area (Å²) in [6, 6.07) is 8.61. The van der Waals surface area contributed by atoms with Crippen molar-refractivity contribution in [2.45, 2.75) is 27.3 Å². The number of piperazine rings is 1. The molecule has 2 rings (SSSR count). The van der Waals surface area contributed by atoms with Crippen LogP contribution in [-0.2, 0) is 6.54 Å². The van der Waals surface area contributed by atoms with Gasteiger partial charge in [-0.05, 0) is 24.0 Å². The zero-order valence-corrected chi connectivity index (χ0v) is 13.4. The lowest BCUT2D eigenvalue weighted by molar-refractivity contribution is 0.134. The quantitative estimate of drug-likeness (QED) is 0.924. The zero-order chi connectivity index (χ0) is 15.2. The van der Waals surface area contributed by atoms with E-state index < -0.39 is 0 Å². The van der Waals surface area contributed by atoms with E-state index in [0.29, 0.717) is 5.92 Å². The Morgan fingerprint density at radius 1 is 1.19 bits per heavy atom. The summed E-state index contributed by atoms with van der Waals surface area (Å²) < 4.78 is 0. The molecule has 1 aliphatic rings. The van der Waals surface area contributed by atoms with Gasteiger partial charge in [0.2, 0.25) is 0 Å². The summed E-state index contributed by atoms with van der Waals surface area (Å²) in [6.45, 7) is 11.6. The van der Waals surface area contributed by atoms with Crippen LogP contribution in [0.4, 0.5) is 4.79 Å². The van der Waals surface area contributed by atoms with E-state index in [4.69, 9.17) is 0 Å². The summed E-state index contributed by atoms with van der Waals surface area (Å²) in [5.41, 5.74) is 2.73. The van der Waals surface area contributed by atoms with Crippen LogP contribution in [0.2, 0.25) is 0 Å². The Morgan fingerprint density at radius 3 is 2.48 bits per heavy atom. The first-order chi connectivity index (χ1) is 10.1. The van der Waals surface area contributed by atoms with Gasteiger partial charge >= 0.3 is 6.03 Å². The van der Waals surface area contributed by atoms with Crippen LogP contribution in [0.3, 0.4) is 0 Å². The maximum Gasteiger partial charge on any atom is 0.317 e. The molecule has 21 heavy (non-hydrogen) atoms. The smallest absolute Gasteiger partial charge is 0.317 e. The number of benzene rings is 1. The van der Waals surface area contributed by atoms with Crippen molar-refractivity contribution in [2.24, 2.45) is 5.92 Å². The molecule has 0 aliphatic carbocycles. The minimum absolute atomic E-state index is 0.0826. The molecule has 0 aromatic heterocycles. The van der Waals surface area contributed by atoms with Crippen molar-refractivity contribution in [2.75, 3.05) is 32.7 Å². The van der Waals surface area contributed by atoms with Gasteiger partial charge in [0.1, 0.15) is 0 Å². The molecule has 4 nitrogen and oxygen atoms in total. The third-order valence-corrected chi connectivity index (χ3v) is 3.98. The number of nitrogens with one attached hydrogen (secondary N) is 1. The van der Waals surface area contributed by atoms with E-state index in [9.17, 15) is 4.79 Å². The second-order valence-corrected chi connectivity index (χ2v) is 6.27. The molecule has 1 aromatic rings. The highest BCUT2D eigenvalue weighted by Crippen LogP contribution is 2.12. The first kappa shape index (κ1) is 15.8. The van der Waals surface area contributed by atoms with E-state index in [-0.39, 0.29) is 6.03 Å². The van der Waals surface area contributed by atoms with Crippen molar-refractivity contribution in [3.8, 4) is 0 Å². The molecule has 0 spiro atoms. The van der Waals surface area contributed by atoms with Crippen LogP contribution >= 0.6 is 0 Å². The molecule has 1 saturated heterocycles. The summed E-state index contributed by atoms with van der Waals surface area (Å²) in [6.07, 6.45) is 0. The lowest BCUT2D eigenvalue weighted by Crippen LogP contribution is -2.51. The molecular weight excluding hydrogens is 262 g/mol. The Balaban J connectivity index is 1.78. The van der Waals surface area contributed by atoms with Gasteiger partial charge in [0.05, 0.1) is 0 Å². The van der Waals surface area contributed by atoms with Crippen molar-refractivity contribution in [3.63, 3.8) is 0 Å². The summed E-state index contributed by atoms with van der Waals surface area (Å²) in [4.78, 5) is 16.4. The van der Waals surface area contributed by atoms with Gasteiger partial charge in [-0.25, -0.2) is 4.79 Å². The highest BCUT2D eigenvalue weighted by molar-refractivity contribution is 5.74. The lowest BCUT2D eigenvalue weighted by Gasteiger charge is -2.35. The van der Waals surface area contributed by atoms with Crippen LogP contribution < -0.4 is 5.32 Å². The number of nitrogens with zero attached hydrogens (tertiary/aromatic N) is 2. The van der Waals surface area contributed by atoms with E-state index >= 15 is 0 Å². The van der Waals surface area contributed by atoms with Gasteiger partial charge < -0.3 is 10.2 Å². The van der Waals surface area contributed by atoms with Crippen LogP contribution in [0.5, 0.6) is 0 Å². The molecule has 0 saturated carbocycles. The standard InChI is InChI=1S/C17H27N3O/c1-14(2)12-18-17(21)20-10-8-19(9-11-20)13-16-7-5-4-6-15(16)3/h4-7,14H,8-13H2,1-3H3,(H,18,21). The third-order valence-electron chi connectivity index (χ3n) is 3.98. The van der Waals surface area contributed by atoms with Crippen LogP contribution in [0.1, 0.15) is 25.0 Å². The van der Waals surface area contributed by atoms with Crippen molar-refractivity contribution >= 4 is 6.03 Å². The number of carbonyl (C=O) groups is 1. The van der Waals surface area contributed by atoms with Gasteiger partial charge in [-0.3, -0.25) is 4.90 Å². The molecule has 1 fully saturated rings. The Morgan fingerprint density at radius 2 is 1.86 bits per heavy atom. The number of aryl methyl sites for hydroxylation is 1. The fraction of sp³-hybridized carbons (Fsp3) is 0.588. The maximum absolute atomic E-state index is 12.0. The summed E-state index contributed by atoms with van der Waals surface area (Å²) >= 11 is 0. The molecule has 4 heteroatoms. The van der Waals surface area contributed by atoms with Gasteiger partial charge in [-0.2, -0.15) is 0 Å². The van der Waals surface area contributed by atoms with Gasteiger partial charge in [-0.15, -0.1) is 0 Å². The monoisotopic (exact) mass is 289 g/mol. The molecule has 2 amide bonds. The first-order valence-electron chi connectivity index (χ1n) is 7.86. The SMILES string of the molecule is Cc1ccccc1CN1CCN(C(=O)NCC(C)C)CC1. The topological polar surface area (TPSA) is 35.6 Å². The Kier molecular flexibility index (Phi) is 5.62. The van der Waals surface area contributed by atoms with Crippen molar-refractivity contribution in [1.29, 1.82) is 0 Å². The van der Waals surface area contributed by atoms with E-state index in [1.807, 2.05) is 4.90 Å². The van der Waals surface area contributed by atoms with Crippen molar-refractivity contribution in [1.82, 2.24) is 15.1 Å². The molecule has 0 atom stereocenters. The largest absolute Gasteiger partial charge is 0.338 e. The zero-order valence-electron chi connectivity index (χ0n) is 13.4. The van der Waals surface area contributed by atoms with E-state index in [2.05, 4.69) is 55.3 Å². The van der Waals surface area contributed by atoms with Gasteiger partial charge in [0.15, 0.2) is 0 Å². The normalized spacial score (nSPS) is 16.3. The number of hydrogen-bond acceptors (Lipinski definition) is 2. The predicted octanol–water partition coefficient (Wildman–Crippen LogP) is 2.48. The number of urea groups is 1. The minimum atomic E-state index is 0.0826. The summed E-state index contributed by atoms with van der Waals surface area (Å²) in [5.74, 6) is 0.497. The molecule has 116 valence electrons. The number of hydrogen-bond donors (Lipinski definition) is 1. The average Bonchev–Trinajstić information content (AvgIpc) is 2.48. The fourth-order valence-electron chi connectivity index (χ4n) is 2.54. The van der Waals surface area contributed by atoms with Gasteiger partial charge in [-0.1, -0.05) is 38.1 Å².